The van der Waals surface area contributed by atoms with Gasteiger partial charge in [-0.25, -0.2) is 0 Å². The molecule has 0 aromatic heterocycles. The van der Waals surface area contributed by atoms with Crippen LogP contribution in [0.1, 0.15) is 56.3 Å². The van der Waals surface area contributed by atoms with Gasteiger partial charge in [-0.1, -0.05) is 55.1 Å². The molecule has 0 saturated carbocycles. The maximum atomic E-state index is 5.79. The molecular formula is C17H25BrO2. The second kappa shape index (κ2) is 7.92. The van der Waals surface area contributed by atoms with Gasteiger partial charge in [-0.15, -0.1) is 0 Å². The number of rotatable bonds is 6. The molecule has 0 saturated heterocycles. The topological polar surface area (TPSA) is 18.5 Å². The van der Waals surface area contributed by atoms with Gasteiger partial charge in [0.05, 0.1) is 13.2 Å². The van der Waals surface area contributed by atoms with E-state index in [4.69, 9.17) is 9.47 Å². The fraction of sp³-hybridized carbons (Fsp3) is 0.647. The van der Waals surface area contributed by atoms with Crippen molar-refractivity contribution in [1.29, 1.82) is 0 Å². The summed E-state index contributed by atoms with van der Waals surface area (Å²) in [6, 6.07) is 6.37. The van der Waals surface area contributed by atoms with Crippen LogP contribution in [0.5, 0.6) is 11.5 Å². The van der Waals surface area contributed by atoms with Gasteiger partial charge in [0.2, 0.25) is 0 Å². The first-order valence-electron chi connectivity index (χ1n) is 7.79. The highest BCUT2D eigenvalue weighted by molar-refractivity contribution is 9.09. The van der Waals surface area contributed by atoms with Crippen LogP contribution >= 0.6 is 15.9 Å². The molecule has 1 aliphatic heterocycles. The van der Waals surface area contributed by atoms with Crippen LogP contribution in [0, 0.1) is 5.92 Å². The van der Waals surface area contributed by atoms with E-state index in [9.17, 15) is 0 Å². The second-order valence-electron chi connectivity index (χ2n) is 5.47. The fourth-order valence-corrected chi connectivity index (χ4v) is 3.57. The van der Waals surface area contributed by atoms with Crippen LogP contribution in [0.25, 0.3) is 0 Å². The summed E-state index contributed by atoms with van der Waals surface area (Å²) in [5.41, 5.74) is 1.30. The molecule has 1 aromatic rings. The highest BCUT2D eigenvalue weighted by Crippen LogP contribution is 2.40. The van der Waals surface area contributed by atoms with Gasteiger partial charge < -0.3 is 9.47 Å². The number of hydrogen-bond donors (Lipinski definition) is 0. The van der Waals surface area contributed by atoms with Crippen LogP contribution in [0.15, 0.2) is 18.2 Å². The molecule has 1 aromatic carbocycles. The lowest BCUT2D eigenvalue weighted by molar-refractivity contribution is 0.297. The minimum absolute atomic E-state index is 0.399. The molecule has 0 N–H and O–H groups in total. The zero-order valence-electron chi connectivity index (χ0n) is 12.5. The van der Waals surface area contributed by atoms with Gasteiger partial charge in [-0.2, -0.15) is 0 Å². The fourth-order valence-electron chi connectivity index (χ4n) is 2.65. The van der Waals surface area contributed by atoms with Gasteiger partial charge in [0.1, 0.15) is 0 Å². The molecule has 1 aliphatic rings. The Hall–Kier alpha value is -0.700. The molecule has 2 atom stereocenters. The van der Waals surface area contributed by atoms with Crippen LogP contribution in [0.2, 0.25) is 0 Å². The Kier molecular flexibility index (Phi) is 6.21. The van der Waals surface area contributed by atoms with E-state index in [2.05, 4.69) is 48.0 Å². The summed E-state index contributed by atoms with van der Waals surface area (Å²) in [4.78, 5) is 0.399. The van der Waals surface area contributed by atoms with E-state index < -0.39 is 0 Å². The van der Waals surface area contributed by atoms with E-state index in [0.717, 1.165) is 31.1 Å². The number of unbranched alkanes of at least 4 members (excludes halogenated alkanes) is 1. The number of ether oxygens (including phenoxy) is 2. The molecule has 2 rings (SSSR count). The average Bonchev–Trinajstić information content (AvgIpc) is 2.72. The van der Waals surface area contributed by atoms with E-state index in [1.807, 2.05) is 0 Å². The Balaban J connectivity index is 2.12. The molecule has 0 bridgehead atoms. The molecule has 0 fully saturated rings. The van der Waals surface area contributed by atoms with Crippen molar-refractivity contribution in [3.63, 3.8) is 0 Å². The molecule has 0 radical (unpaired) electrons. The van der Waals surface area contributed by atoms with Crippen LogP contribution in [-0.2, 0) is 0 Å². The quantitative estimate of drug-likeness (QED) is 0.636. The number of fused-ring (bicyclic) bond motifs is 1. The van der Waals surface area contributed by atoms with Crippen molar-refractivity contribution >= 4 is 15.9 Å². The van der Waals surface area contributed by atoms with Crippen LogP contribution < -0.4 is 9.47 Å². The lowest BCUT2D eigenvalue weighted by atomic mass is 9.91. The van der Waals surface area contributed by atoms with Gasteiger partial charge in [0, 0.05) is 11.2 Å². The van der Waals surface area contributed by atoms with Gasteiger partial charge in [-0.3, -0.25) is 0 Å². The smallest absolute Gasteiger partial charge is 0.161 e. The highest BCUT2D eigenvalue weighted by Gasteiger charge is 2.20. The second-order valence-corrected chi connectivity index (χ2v) is 6.46. The standard InChI is InChI=1S/C17H25BrO2/c1-3-5-7-13(4-2)17(18)14-8-9-15-16(12-14)20-11-6-10-19-15/h8-9,12-13,17H,3-7,10-11H2,1-2H3. The largest absolute Gasteiger partial charge is 0.490 e. The molecule has 1 heterocycles. The zero-order valence-corrected chi connectivity index (χ0v) is 14.1. The average molecular weight is 341 g/mol. The van der Waals surface area contributed by atoms with Gasteiger partial charge in [-0.05, 0) is 30.0 Å². The normalized spacial score (nSPS) is 17.4. The summed E-state index contributed by atoms with van der Waals surface area (Å²) in [5.74, 6) is 2.46. The molecule has 0 aliphatic carbocycles. The van der Waals surface area contributed by atoms with E-state index in [1.54, 1.807) is 0 Å². The lowest BCUT2D eigenvalue weighted by Crippen LogP contribution is -2.07. The van der Waals surface area contributed by atoms with Crippen LogP contribution in [0.4, 0.5) is 0 Å². The Labute approximate surface area is 131 Å². The minimum atomic E-state index is 0.399. The molecule has 20 heavy (non-hydrogen) atoms. The van der Waals surface area contributed by atoms with Gasteiger partial charge in [0.15, 0.2) is 11.5 Å². The predicted molar refractivity (Wildman–Crippen MR) is 87.0 cm³/mol. The molecule has 112 valence electrons. The Morgan fingerprint density at radius 1 is 1.15 bits per heavy atom. The zero-order chi connectivity index (χ0) is 14.4. The van der Waals surface area contributed by atoms with Crippen molar-refractivity contribution in [1.82, 2.24) is 0 Å². The third kappa shape index (κ3) is 3.91. The summed E-state index contributed by atoms with van der Waals surface area (Å²) >= 11 is 3.89. The monoisotopic (exact) mass is 340 g/mol. The maximum Gasteiger partial charge on any atom is 0.161 e. The number of alkyl halides is 1. The number of hydrogen-bond acceptors (Lipinski definition) is 2. The first-order chi connectivity index (χ1) is 9.76. The number of halogens is 1. The third-order valence-corrected chi connectivity index (χ3v) is 5.23. The van der Waals surface area contributed by atoms with E-state index in [-0.39, 0.29) is 0 Å². The van der Waals surface area contributed by atoms with Gasteiger partial charge in [0.25, 0.3) is 0 Å². The highest BCUT2D eigenvalue weighted by atomic mass is 79.9. The van der Waals surface area contributed by atoms with Crippen molar-refractivity contribution < 1.29 is 9.47 Å². The summed E-state index contributed by atoms with van der Waals surface area (Å²) in [6.45, 7) is 6.02. The van der Waals surface area contributed by atoms with Gasteiger partial charge >= 0.3 is 0 Å². The molecule has 0 amide bonds. The summed E-state index contributed by atoms with van der Waals surface area (Å²) in [7, 11) is 0. The van der Waals surface area contributed by atoms with Crippen molar-refractivity contribution in [2.24, 2.45) is 5.92 Å². The van der Waals surface area contributed by atoms with E-state index in [0.29, 0.717) is 10.7 Å². The Bertz CT molecular complexity index is 419. The predicted octanol–water partition coefficient (Wildman–Crippen LogP) is 5.50. The third-order valence-electron chi connectivity index (χ3n) is 3.96. The first-order valence-corrected chi connectivity index (χ1v) is 8.71. The van der Waals surface area contributed by atoms with Crippen molar-refractivity contribution in [2.75, 3.05) is 13.2 Å². The number of benzene rings is 1. The minimum Gasteiger partial charge on any atom is -0.490 e. The summed E-state index contributed by atoms with van der Waals surface area (Å²) in [6.07, 6.45) is 5.99. The van der Waals surface area contributed by atoms with Crippen molar-refractivity contribution in [3.8, 4) is 11.5 Å². The Morgan fingerprint density at radius 2 is 1.90 bits per heavy atom. The summed E-state index contributed by atoms with van der Waals surface area (Å²) in [5, 5.41) is 0. The Morgan fingerprint density at radius 3 is 2.60 bits per heavy atom. The SMILES string of the molecule is CCCCC(CC)C(Br)c1ccc2c(c1)OCCCO2. The lowest BCUT2D eigenvalue weighted by Gasteiger charge is -2.22. The first kappa shape index (κ1) is 15.7. The molecule has 2 unspecified atom stereocenters. The molecule has 3 heteroatoms. The molecule has 2 nitrogen and oxygen atoms in total. The van der Waals surface area contributed by atoms with Crippen LogP contribution in [-0.4, -0.2) is 13.2 Å². The van der Waals surface area contributed by atoms with Crippen molar-refractivity contribution in [2.45, 2.75) is 50.8 Å². The molecule has 0 spiro atoms. The van der Waals surface area contributed by atoms with E-state index >= 15 is 0 Å². The van der Waals surface area contributed by atoms with Crippen molar-refractivity contribution in [3.05, 3.63) is 23.8 Å². The molecular weight excluding hydrogens is 316 g/mol. The summed E-state index contributed by atoms with van der Waals surface area (Å²) < 4.78 is 11.5. The van der Waals surface area contributed by atoms with E-state index in [1.165, 1.54) is 31.2 Å². The van der Waals surface area contributed by atoms with Crippen LogP contribution in [0.3, 0.4) is 0 Å². The maximum absolute atomic E-state index is 5.79.